The molecule has 1 aromatic heterocycles. The highest BCUT2D eigenvalue weighted by Gasteiger charge is 2.21. The number of aryl methyl sites for hydroxylation is 1. The maximum atomic E-state index is 11.6. The summed E-state index contributed by atoms with van der Waals surface area (Å²) in [5, 5.41) is 13.3. The first kappa shape index (κ1) is 16.5. The molecular formula is C18H16N2O5. The molecule has 3 aromatic rings. The Hall–Kier alpha value is -3.35. The van der Waals surface area contributed by atoms with Gasteiger partial charge >= 0.3 is 5.97 Å². The van der Waals surface area contributed by atoms with E-state index in [0.717, 1.165) is 5.56 Å². The lowest BCUT2D eigenvalue weighted by molar-refractivity contribution is 0.0697. The van der Waals surface area contributed by atoms with Crippen LogP contribution in [0.15, 0.2) is 47.0 Å². The fourth-order valence-electron chi connectivity index (χ4n) is 2.34. The molecule has 0 radical (unpaired) electrons. The number of nitrogens with zero attached hydrogens (tertiary/aromatic N) is 2. The van der Waals surface area contributed by atoms with Crippen LogP contribution in [0.4, 0.5) is 0 Å². The van der Waals surface area contributed by atoms with Crippen LogP contribution in [0.2, 0.25) is 0 Å². The summed E-state index contributed by atoms with van der Waals surface area (Å²) in [5.41, 5.74) is 1.26. The number of carboxylic acids is 1. The maximum Gasteiger partial charge on any atom is 0.336 e. The third-order valence-corrected chi connectivity index (χ3v) is 3.54. The summed E-state index contributed by atoms with van der Waals surface area (Å²) < 4.78 is 16.0. The Morgan fingerprint density at radius 2 is 1.96 bits per heavy atom. The quantitative estimate of drug-likeness (QED) is 0.735. The lowest BCUT2D eigenvalue weighted by Gasteiger charge is -2.13. The molecule has 3 rings (SSSR count). The molecule has 128 valence electrons. The first-order valence-electron chi connectivity index (χ1n) is 7.51. The second-order valence-electron chi connectivity index (χ2n) is 5.27. The summed E-state index contributed by atoms with van der Waals surface area (Å²) in [6, 6.07) is 12.5. The van der Waals surface area contributed by atoms with E-state index in [1.165, 1.54) is 19.2 Å². The van der Waals surface area contributed by atoms with Crippen LogP contribution in [-0.4, -0.2) is 28.3 Å². The van der Waals surface area contributed by atoms with Crippen LogP contribution in [0.25, 0.3) is 11.4 Å². The fraction of sp³-hybridized carbons (Fsp3) is 0.167. The van der Waals surface area contributed by atoms with Gasteiger partial charge in [0.05, 0.1) is 12.7 Å². The molecule has 0 unspecified atom stereocenters. The molecule has 0 aliphatic rings. The summed E-state index contributed by atoms with van der Waals surface area (Å²) in [6.45, 7) is 1.92. The number of ether oxygens (including phenoxy) is 2. The molecule has 0 atom stereocenters. The lowest BCUT2D eigenvalue weighted by Crippen LogP contribution is -2.04. The van der Waals surface area contributed by atoms with Gasteiger partial charge in [-0.1, -0.05) is 35.5 Å². The number of hydrogen-bond acceptors (Lipinski definition) is 6. The molecule has 0 aliphatic carbocycles. The third kappa shape index (κ3) is 3.60. The van der Waals surface area contributed by atoms with Gasteiger partial charge in [0.1, 0.15) is 6.61 Å². The monoisotopic (exact) mass is 340 g/mol. The van der Waals surface area contributed by atoms with Crippen LogP contribution in [-0.2, 0) is 6.61 Å². The first-order valence-corrected chi connectivity index (χ1v) is 7.51. The number of aromatic nitrogens is 2. The van der Waals surface area contributed by atoms with E-state index in [-0.39, 0.29) is 18.0 Å². The van der Waals surface area contributed by atoms with Crippen molar-refractivity contribution >= 4 is 5.97 Å². The van der Waals surface area contributed by atoms with Crippen molar-refractivity contribution in [3.8, 4) is 22.9 Å². The average molecular weight is 340 g/mol. The second kappa shape index (κ2) is 7.04. The smallest absolute Gasteiger partial charge is 0.336 e. The van der Waals surface area contributed by atoms with Crippen molar-refractivity contribution in [1.82, 2.24) is 10.1 Å². The number of benzene rings is 2. The van der Waals surface area contributed by atoms with Crippen LogP contribution in [0.5, 0.6) is 11.5 Å². The van der Waals surface area contributed by atoms with Gasteiger partial charge in [-0.05, 0) is 17.7 Å². The Labute approximate surface area is 143 Å². The summed E-state index contributed by atoms with van der Waals surface area (Å²) >= 11 is 0. The van der Waals surface area contributed by atoms with E-state index in [2.05, 4.69) is 10.1 Å². The third-order valence-electron chi connectivity index (χ3n) is 3.54. The Bertz CT molecular complexity index is 890. The lowest BCUT2D eigenvalue weighted by atomic mass is 10.1. The molecule has 7 nitrogen and oxygen atoms in total. The molecule has 1 heterocycles. The van der Waals surface area contributed by atoms with Gasteiger partial charge < -0.3 is 19.1 Å². The van der Waals surface area contributed by atoms with E-state index in [0.29, 0.717) is 23.0 Å². The highest BCUT2D eigenvalue weighted by molar-refractivity contribution is 5.96. The van der Waals surface area contributed by atoms with Crippen LogP contribution in [0.1, 0.15) is 21.8 Å². The molecule has 0 amide bonds. The molecule has 7 heteroatoms. The summed E-state index contributed by atoms with van der Waals surface area (Å²) in [7, 11) is 1.48. The van der Waals surface area contributed by atoms with Crippen molar-refractivity contribution in [3.05, 3.63) is 59.5 Å². The van der Waals surface area contributed by atoms with Crippen molar-refractivity contribution in [2.75, 3.05) is 7.11 Å². The molecule has 0 fully saturated rings. The summed E-state index contributed by atoms with van der Waals surface area (Å²) in [4.78, 5) is 15.7. The van der Waals surface area contributed by atoms with Crippen molar-refractivity contribution < 1.29 is 23.9 Å². The molecular weight excluding hydrogens is 324 g/mol. The Kier molecular flexibility index (Phi) is 4.65. The Balaban J connectivity index is 1.98. The van der Waals surface area contributed by atoms with Crippen LogP contribution in [0, 0.1) is 6.92 Å². The molecule has 0 bridgehead atoms. The predicted octanol–water partition coefficient (Wildman–Crippen LogP) is 3.33. The van der Waals surface area contributed by atoms with Crippen molar-refractivity contribution in [3.63, 3.8) is 0 Å². The standard InChI is InChI=1S/C18H16N2O5/c1-11-19-17(20-25-11)13-8-15(23-2)16(9-14(13)18(21)22)24-10-12-6-4-3-5-7-12/h3-9H,10H2,1-2H3,(H,21,22). The molecule has 0 saturated heterocycles. The maximum absolute atomic E-state index is 11.6. The van der Waals surface area contributed by atoms with Crippen LogP contribution < -0.4 is 9.47 Å². The van der Waals surface area contributed by atoms with Gasteiger partial charge in [-0.3, -0.25) is 0 Å². The topological polar surface area (TPSA) is 94.7 Å². The zero-order chi connectivity index (χ0) is 17.8. The molecule has 2 aromatic carbocycles. The van der Waals surface area contributed by atoms with E-state index in [4.69, 9.17) is 14.0 Å². The Morgan fingerprint density at radius 1 is 1.20 bits per heavy atom. The average Bonchev–Trinajstić information content (AvgIpc) is 3.06. The molecule has 0 spiro atoms. The van der Waals surface area contributed by atoms with Crippen LogP contribution >= 0.6 is 0 Å². The molecule has 25 heavy (non-hydrogen) atoms. The Morgan fingerprint density at radius 3 is 2.56 bits per heavy atom. The van der Waals surface area contributed by atoms with Gasteiger partial charge in [0.2, 0.25) is 11.7 Å². The van der Waals surface area contributed by atoms with E-state index >= 15 is 0 Å². The zero-order valence-electron chi connectivity index (χ0n) is 13.7. The van der Waals surface area contributed by atoms with Gasteiger partial charge in [-0.2, -0.15) is 4.98 Å². The van der Waals surface area contributed by atoms with Gasteiger partial charge in [0, 0.05) is 12.5 Å². The number of rotatable bonds is 6. The van der Waals surface area contributed by atoms with E-state index in [9.17, 15) is 9.90 Å². The van der Waals surface area contributed by atoms with Crippen LogP contribution in [0.3, 0.4) is 0 Å². The summed E-state index contributed by atoms with van der Waals surface area (Å²) in [5.74, 6) is 0.119. The minimum Gasteiger partial charge on any atom is -0.493 e. The van der Waals surface area contributed by atoms with Crippen molar-refractivity contribution in [1.29, 1.82) is 0 Å². The first-order chi connectivity index (χ1) is 12.1. The largest absolute Gasteiger partial charge is 0.493 e. The number of carboxylic acid groups (broad SMARTS) is 1. The SMILES string of the molecule is COc1cc(-c2noc(C)n2)c(C(=O)O)cc1OCc1ccccc1. The predicted molar refractivity (Wildman–Crippen MR) is 88.8 cm³/mol. The van der Waals surface area contributed by atoms with Gasteiger partial charge in [-0.25, -0.2) is 4.79 Å². The van der Waals surface area contributed by atoms with Gasteiger partial charge in [0.25, 0.3) is 0 Å². The molecule has 0 aliphatic heterocycles. The van der Waals surface area contributed by atoms with Crippen molar-refractivity contribution in [2.45, 2.75) is 13.5 Å². The fourth-order valence-corrected chi connectivity index (χ4v) is 2.34. The van der Waals surface area contributed by atoms with Gasteiger partial charge in [-0.15, -0.1) is 0 Å². The second-order valence-corrected chi connectivity index (χ2v) is 5.27. The van der Waals surface area contributed by atoms with Crippen molar-refractivity contribution in [2.24, 2.45) is 0 Å². The van der Waals surface area contributed by atoms with Gasteiger partial charge in [0.15, 0.2) is 11.5 Å². The minimum atomic E-state index is -1.12. The number of carbonyl (C=O) groups is 1. The van der Waals surface area contributed by atoms with E-state index < -0.39 is 5.97 Å². The normalized spacial score (nSPS) is 10.5. The van der Waals surface area contributed by atoms with E-state index in [1.807, 2.05) is 30.3 Å². The number of aromatic carboxylic acids is 1. The molecule has 1 N–H and O–H groups in total. The molecule has 0 saturated carbocycles. The summed E-state index contributed by atoms with van der Waals surface area (Å²) in [6.07, 6.45) is 0. The highest BCUT2D eigenvalue weighted by Crippen LogP contribution is 2.35. The number of hydrogen-bond donors (Lipinski definition) is 1. The van der Waals surface area contributed by atoms with E-state index in [1.54, 1.807) is 6.92 Å². The highest BCUT2D eigenvalue weighted by atomic mass is 16.5. The number of methoxy groups -OCH3 is 1. The minimum absolute atomic E-state index is 0.00432. The zero-order valence-corrected chi connectivity index (χ0v) is 13.7.